The first-order valence-corrected chi connectivity index (χ1v) is 9.49. The van der Waals surface area contributed by atoms with Gasteiger partial charge >= 0.3 is 0 Å². The standard InChI is InChI=1S/C24H21FN2O2/c1-24(23(29)26-16-17-7-3-2-4-8-17)15-18-9-5-6-10-21(18)22(28)27(24)20-13-11-19(25)12-14-20/h2-14H,15-16H2,1H3,(H,26,29)/t24-/m1/s1. The molecule has 0 spiro atoms. The van der Waals surface area contributed by atoms with Gasteiger partial charge < -0.3 is 5.32 Å². The zero-order chi connectivity index (χ0) is 20.4. The molecule has 0 aliphatic carbocycles. The zero-order valence-corrected chi connectivity index (χ0v) is 16.1. The van der Waals surface area contributed by atoms with Crippen LogP contribution in [-0.4, -0.2) is 17.4 Å². The van der Waals surface area contributed by atoms with Gasteiger partial charge in [0.2, 0.25) is 5.91 Å². The number of carbonyl (C=O) groups excluding carboxylic acids is 2. The maximum absolute atomic E-state index is 13.5. The second kappa shape index (κ2) is 7.51. The van der Waals surface area contributed by atoms with E-state index < -0.39 is 11.4 Å². The van der Waals surface area contributed by atoms with E-state index in [2.05, 4.69) is 5.32 Å². The fourth-order valence-corrected chi connectivity index (χ4v) is 3.82. The smallest absolute Gasteiger partial charge is 0.259 e. The Labute approximate surface area is 169 Å². The molecule has 1 aliphatic heterocycles. The maximum atomic E-state index is 13.5. The van der Waals surface area contributed by atoms with Crippen molar-refractivity contribution in [1.82, 2.24) is 5.32 Å². The van der Waals surface area contributed by atoms with Crippen LogP contribution < -0.4 is 10.2 Å². The van der Waals surface area contributed by atoms with Crippen molar-refractivity contribution in [2.45, 2.75) is 25.4 Å². The van der Waals surface area contributed by atoms with E-state index in [9.17, 15) is 14.0 Å². The highest BCUT2D eigenvalue weighted by atomic mass is 19.1. The molecule has 4 rings (SSSR count). The fourth-order valence-electron chi connectivity index (χ4n) is 3.82. The van der Waals surface area contributed by atoms with Gasteiger partial charge in [-0.25, -0.2) is 4.39 Å². The Kier molecular flexibility index (Phi) is 4.89. The minimum absolute atomic E-state index is 0.256. The van der Waals surface area contributed by atoms with Crippen molar-refractivity contribution in [3.8, 4) is 0 Å². The summed E-state index contributed by atoms with van der Waals surface area (Å²) in [6, 6.07) is 22.6. The number of carbonyl (C=O) groups is 2. The van der Waals surface area contributed by atoms with Crippen LogP contribution in [0.4, 0.5) is 10.1 Å². The van der Waals surface area contributed by atoms with Gasteiger partial charge in [0.15, 0.2) is 0 Å². The summed E-state index contributed by atoms with van der Waals surface area (Å²) >= 11 is 0. The topological polar surface area (TPSA) is 49.4 Å². The Bertz CT molecular complexity index is 1050. The van der Waals surface area contributed by atoms with Gasteiger partial charge in [0.1, 0.15) is 11.4 Å². The molecule has 0 fully saturated rings. The molecule has 1 atom stereocenters. The lowest BCUT2D eigenvalue weighted by atomic mass is 9.82. The van der Waals surface area contributed by atoms with E-state index in [0.29, 0.717) is 24.2 Å². The van der Waals surface area contributed by atoms with Crippen molar-refractivity contribution in [3.05, 3.63) is 101 Å². The number of rotatable bonds is 4. The van der Waals surface area contributed by atoms with Gasteiger partial charge in [-0.2, -0.15) is 0 Å². The quantitative estimate of drug-likeness (QED) is 0.731. The number of nitrogens with zero attached hydrogens (tertiary/aromatic N) is 1. The van der Waals surface area contributed by atoms with Gasteiger partial charge in [0.25, 0.3) is 5.91 Å². The summed E-state index contributed by atoms with van der Waals surface area (Å²) in [5.41, 5.74) is 1.71. The van der Waals surface area contributed by atoms with E-state index in [1.807, 2.05) is 42.5 Å². The van der Waals surface area contributed by atoms with Crippen molar-refractivity contribution >= 4 is 17.5 Å². The molecule has 2 amide bonds. The number of hydrogen-bond donors (Lipinski definition) is 1. The monoisotopic (exact) mass is 388 g/mol. The van der Waals surface area contributed by atoms with Crippen LogP contribution in [-0.2, 0) is 17.8 Å². The molecule has 5 heteroatoms. The summed E-state index contributed by atoms with van der Waals surface area (Å²) in [5, 5.41) is 2.96. The van der Waals surface area contributed by atoms with E-state index in [0.717, 1.165) is 11.1 Å². The molecular formula is C24H21FN2O2. The Balaban J connectivity index is 1.71. The highest BCUT2D eigenvalue weighted by Crippen LogP contribution is 2.35. The van der Waals surface area contributed by atoms with E-state index in [1.165, 1.54) is 29.2 Å². The molecule has 1 aliphatic rings. The van der Waals surface area contributed by atoms with E-state index >= 15 is 0 Å². The lowest BCUT2D eigenvalue weighted by Crippen LogP contribution is -2.63. The van der Waals surface area contributed by atoms with E-state index in [4.69, 9.17) is 0 Å². The summed E-state index contributed by atoms with van der Waals surface area (Å²) in [7, 11) is 0. The number of anilines is 1. The third-order valence-electron chi connectivity index (χ3n) is 5.35. The van der Waals surface area contributed by atoms with Gasteiger partial charge in [-0.05, 0) is 48.4 Å². The van der Waals surface area contributed by atoms with Gasteiger partial charge in [-0.3, -0.25) is 14.5 Å². The second-order valence-corrected chi connectivity index (χ2v) is 7.39. The first-order valence-electron chi connectivity index (χ1n) is 9.49. The number of benzene rings is 3. The number of hydrogen-bond acceptors (Lipinski definition) is 2. The summed E-state index contributed by atoms with van der Waals surface area (Å²) in [4.78, 5) is 28.1. The predicted molar refractivity (Wildman–Crippen MR) is 110 cm³/mol. The van der Waals surface area contributed by atoms with Crippen LogP contribution in [0.3, 0.4) is 0 Å². The van der Waals surface area contributed by atoms with Crippen LogP contribution in [0.1, 0.15) is 28.4 Å². The van der Waals surface area contributed by atoms with Crippen LogP contribution in [0.25, 0.3) is 0 Å². The first-order chi connectivity index (χ1) is 14.0. The van der Waals surface area contributed by atoms with Crippen molar-refractivity contribution < 1.29 is 14.0 Å². The lowest BCUT2D eigenvalue weighted by Gasteiger charge is -2.44. The fraction of sp³-hybridized carbons (Fsp3) is 0.167. The van der Waals surface area contributed by atoms with Gasteiger partial charge in [-0.15, -0.1) is 0 Å². The lowest BCUT2D eigenvalue weighted by molar-refractivity contribution is -0.126. The van der Waals surface area contributed by atoms with Gasteiger partial charge in [0, 0.05) is 24.2 Å². The third-order valence-corrected chi connectivity index (χ3v) is 5.35. The predicted octanol–water partition coefficient (Wildman–Crippen LogP) is 4.10. The normalized spacial score (nSPS) is 18.3. The minimum atomic E-state index is -1.14. The summed E-state index contributed by atoms with van der Waals surface area (Å²) in [6.07, 6.45) is 0.368. The molecule has 0 unspecified atom stereocenters. The highest BCUT2D eigenvalue weighted by Gasteiger charge is 2.47. The molecule has 146 valence electrons. The van der Waals surface area contributed by atoms with Crippen LogP contribution >= 0.6 is 0 Å². The van der Waals surface area contributed by atoms with Crippen LogP contribution in [0.2, 0.25) is 0 Å². The molecule has 1 heterocycles. The van der Waals surface area contributed by atoms with Gasteiger partial charge in [0.05, 0.1) is 0 Å². The largest absolute Gasteiger partial charge is 0.350 e. The molecule has 0 aromatic heterocycles. The molecule has 0 bridgehead atoms. The molecule has 0 saturated carbocycles. The SMILES string of the molecule is C[C@]1(C(=O)NCc2ccccc2)Cc2ccccc2C(=O)N1c1ccc(F)cc1. The number of amides is 2. The molecule has 4 nitrogen and oxygen atoms in total. The molecular weight excluding hydrogens is 367 g/mol. The summed E-state index contributed by atoms with van der Waals surface area (Å²) < 4.78 is 13.5. The van der Waals surface area contributed by atoms with E-state index in [1.54, 1.807) is 19.1 Å². The maximum Gasteiger partial charge on any atom is 0.259 e. The van der Waals surface area contributed by atoms with E-state index in [-0.39, 0.29) is 11.8 Å². The van der Waals surface area contributed by atoms with Crippen LogP contribution in [0.5, 0.6) is 0 Å². The second-order valence-electron chi connectivity index (χ2n) is 7.39. The Morgan fingerprint density at radius 2 is 1.66 bits per heavy atom. The molecule has 1 N–H and O–H groups in total. The van der Waals surface area contributed by atoms with Crippen molar-refractivity contribution in [2.75, 3.05) is 4.90 Å². The van der Waals surface area contributed by atoms with Crippen molar-refractivity contribution in [1.29, 1.82) is 0 Å². The molecule has 3 aromatic rings. The van der Waals surface area contributed by atoms with Crippen LogP contribution in [0, 0.1) is 5.82 Å². The highest BCUT2D eigenvalue weighted by molar-refractivity contribution is 6.14. The zero-order valence-electron chi connectivity index (χ0n) is 16.1. The molecule has 3 aromatic carbocycles. The number of fused-ring (bicyclic) bond motifs is 1. The average molecular weight is 388 g/mol. The Hall–Kier alpha value is -3.47. The third kappa shape index (κ3) is 3.51. The van der Waals surface area contributed by atoms with Gasteiger partial charge in [-0.1, -0.05) is 48.5 Å². The Morgan fingerprint density at radius 1 is 1.00 bits per heavy atom. The van der Waals surface area contributed by atoms with Crippen molar-refractivity contribution in [2.24, 2.45) is 0 Å². The first kappa shape index (κ1) is 18.9. The number of halogens is 1. The Morgan fingerprint density at radius 3 is 2.38 bits per heavy atom. The summed E-state index contributed by atoms with van der Waals surface area (Å²) in [6.45, 7) is 2.12. The molecule has 29 heavy (non-hydrogen) atoms. The van der Waals surface area contributed by atoms with Crippen LogP contribution in [0.15, 0.2) is 78.9 Å². The number of nitrogens with one attached hydrogen (secondary N) is 1. The average Bonchev–Trinajstić information content (AvgIpc) is 2.74. The molecule has 0 radical (unpaired) electrons. The summed E-state index contributed by atoms with van der Waals surface area (Å²) in [5.74, 6) is -0.918. The minimum Gasteiger partial charge on any atom is -0.350 e. The molecule has 0 saturated heterocycles. The van der Waals surface area contributed by atoms with Crippen molar-refractivity contribution in [3.63, 3.8) is 0 Å².